The molecule has 0 aliphatic heterocycles. The summed E-state index contributed by atoms with van der Waals surface area (Å²) in [5.74, 6) is 7.27. The molecule has 0 heteroatoms. The highest BCUT2D eigenvalue weighted by Gasteiger charge is 2.59. The van der Waals surface area contributed by atoms with Crippen LogP contribution in [0.25, 0.3) is 0 Å². The van der Waals surface area contributed by atoms with Gasteiger partial charge in [-0.25, -0.2) is 0 Å². The molecule has 8 atom stereocenters. The van der Waals surface area contributed by atoms with E-state index in [1.807, 2.05) is 0 Å². The van der Waals surface area contributed by atoms with Crippen molar-refractivity contribution in [1.29, 1.82) is 0 Å². The van der Waals surface area contributed by atoms with Gasteiger partial charge in [0.2, 0.25) is 0 Å². The van der Waals surface area contributed by atoms with E-state index in [2.05, 4.69) is 34.6 Å². The summed E-state index contributed by atoms with van der Waals surface area (Å²) in [7, 11) is 0. The van der Waals surface area contributed by atoms with Crippen LogP contribution in [0.4, 0.5) is 0 Å². The fourth-order valence-electron chi connectivity index (χ4n) is 9.24. The van der Waals surface area contributed by atoms with Crippen molar-refractivity contribution in [1.82, 2.24) is 0 Å². The van der Waals surface area contributed by atoms with Gasteiger partial charge < -0.3 is 0 Å². The third kappa shape index (κ3) is 3.62. The first-order valence-corrected chi connectivity index (χ1v) is 13.4. The number of hydrogen-bond acceptors (Lipinski definition) is 0. The van der Waals surface area contributed by atoms with E-state index in [0.29, 0.717) is 10.8 Å². The topological polar surface area (TPSA) is 0 Å². The van der Waals surface area contributed by atoms with E-state index >= 15 is 0 Å². The Kier molecular flexibility index (Phi) is 6.27. The predicted molar refractivity (Wildman–Crippen MR) is 122 cm³/mol. The van der Waals surface area contributed by atoms with Gasteiger partial charge in [-0.15, -0.1) is 0 Å². The molecule has 0 nitrogen and oxygen atoms in total. The van der Waals surface area contributed by atoms with Crippen molar-refractivity contribution in [2.24, 2.45) is 52.3 Å². The van der Waals surface area contributed by atoms with Gasteiger partial charge in [-0.1, -0.05) is 60.3 Å². The Morgan fingerprint density at radius 1 is 0.821 bits per heavy atom. The molecular formula is C28H50. The van der Waals surface area contributed by atoms with Gasteiger partial charge in [-0.05, 0) is 116 Å². The molecule has 0 heterocycles. The highest BCUT2D eigenvalue weighted by molar-refractivity contribution is 5.09. The quantitative estimate of drug-likeness (QED) is 0.400. The zero-order chi connectivity index (χ0) is 19.9. The summed E-state index contributed by atoms with van der Waals surface area (Å²) in [4.78, 5) is 0. The number of hydrogen-bond donors (Lipinski definition) is 0. The van der Waals surface area contributed by atoms with Crippen LogP contribution >= 0.6 is 0 Å². The summed E-state index contributed by atoms with van der Waals surface area (Å²) in [5.41, 5.74) is 1.40. The van der Waals surface area contributed by atoms with Crippen LogP contribution in [0.15, 0.2) is 0 Å². The van der Waals surface area contributed by atoms with E-state index in [-0.39, 0.29) is 0 Å². The summed E-state index contributed by atoms with van der Waals surface area (Å²) in [6.07, 6.45) is 21.5. The second-order valence-electron chi connectivity index (χ2n) is 12.7. The van der Waals surface area contributed by atoms with E-state index in [1.54, 1.807) is 51.4 Å². The molecule has 162 valence electrons. The first-order valence-electron chi connectivity index (χ1n) is 13.4. The minimum absolute atomic E-state index is 0.697. The molecule has 4 aliphatic carbocycles. The Labute approximate surface area is 177 Å². The predicted octanol–water partition coefficient (Wildman–Crippen LogP) is 8.89. The molecule has 0 bridgehead atoms. The van der Waals surface area contributed by atoms with Crippen LogP contribution < -0.4 is 0 Å². The van der Waals surface area contributed by atoms with E-state index in [1.165, 1.54) is 38.5 Å². The van der Waals surface area contributed by atoms with Crippen molar-refractivity contribution in [2.75, 3.05) is 0 Å². The van der Waals surface area contributed by atoms with Crippen LogP contribution in [0.2, 0.25) is 0 Å². The lowest BCUT2D eigenvalue weighted by molar-refractivity contribution is -0.118. The molecule has 0 radical (unpaired) electrons. The van der Waals surface area contributed by atoms with Crippen molar-refractivity contribution in [3.05, 3.63) is 0 Å². The Balaban J connectivity index is 1.42. The molecule has 0 amide bonds. The fourth-order valence-corrected chi connectivity index (χ4v) is 9.24. The average Bonchev–Trinajstić information content (AvgIpc) is 3.01. The zero-order valence-electron chi connectivity index (χ0n) is 19.9. The maximum Gasteiger partial charge on any atom is -0.0266 e. The van der Waals surface area contributed by atoms with Crippen LogP contribution in [0.3, 0.4) is 0 Å². The van der Waals surface area contributed by atoms with E-state index in [4.69, 9.17) is 0 Å². The van der Waals surface area contributed by atoms with Gasteiger partial charge in [-0.2, -0.15) is 0 Å². The normalized spacial score (nSPS) is 48.2. The minimum atomic E-state index is 0.697. The lowest BCUT2D eigenvalue weighted by atomic mass is 9.44. The largest absolute Gasteiger partial charge is 0.0651 e. The standard InChI is InChI=1S/C28H50/c1-6-21-15-17-28(5)23(19-21)11-13-24-25-14-12-22(10-8-7-9-20(2)3)27(25,4)18-16-26(24)28/h20-26H,6-19H2,1-5H3. The van der Waals surface area contributed by atoms with Crippen molar-refractivity contribution >= 4 is 0 Å². The van der Waals surface area contributed by atoms with E-state index < -0.39 is 0 Å². The second-order valence-corrected chi connectivity index (χ2v) is 12.7. The Morgan fingerprint density at radius 3 is 2.32 bits per heavy atom. The van der Waals surface area contributed by atoms with E-state index in [9.17, 15) is 0 Å². The molecule has 4 saturated carbocycles. The van der Waals surface area contributed by atoms with Crippen LogP contribution in [-0.2, 0) is 0 Å². The van der Waals surface area contributed by atoms with Crippen LogP contribution in [0, 0.1) is 52.3 Å². The lowest BCUT2D eigenvalue weighted by Gasteiger charge is -2.61. The summed E-state index contributed by atoms with van der Waals surface area (Å²) in [6.45, 7) is 12.7. The SMILES string of the molecule is CCC1CCC2(C)C(CCC3C4CCC(CCCCC(C)C)C4(C)CCC32)C1. The molecule has 0 aromatic heterocycles. The molecule has 0 saturated heterocycles. The van der Waals surface area contributed by atoms with E-state index in [0.717, 1.165) is 41.4 Å². The van der Waals surface area contributed by atoms with Gasteiger partial charge in [0.25, 0.3) is 0 Å². The monoisotopic (exact) mass is 386 g/mol. The maximum atomic E-state index is 2.75. The molecule has 4 rings (SSSR count). The third-order valence-corrected chi connectivity index (χ3v) is 11.1. The Hall–Kier alpha value is 0. The van der Waals surface area contributed by atoms with Crippen LogP contribution in [-0.4, -0.2) is 0 Å². The Bertz CT molecular complexity index is 520. The molecule has 0 aromatic rings. The van der Waals surface area contributed by atoms with Crippen molar-refractivity contribution in [3.63, 3.8) is 0 Å². The molecule has 4 fully saturated rings. The van der Waals surface area contributed by atoms with Gasteiger partial charge in [-0.3, -0.25) is 0 Å². The highest BCUT2D eigenvalue weighted by Crippen LogP contribution is 2.68. The lowest BCUT2D eigenvalue weighted by Crippen LogP contribution is -2.53. The molecule has 0 N–H and O–H groups in total. The first-order chi connectivity index (χ1) is 13.4. The smallest absolute Gasteiger partial charge is 0.0266 e. The van der Waals surface area contributed by atoms with Gasteiger partial charge in [0, 0.05) is 0 Å². The molecular weight excluding hydrogens is 336 g/mol. The summed E-state index contributed by atoms with van der Waals surface area (Å²) >= 11 is 0. The maximum absolute atomic E-state index is 2.75. The molecule has 8 unspecified atom stereocenters. The molecule has 28 heavy (non-hydrogen) atoms. The van der Waals surface area contributed by atoms with Gasteiger partial charge in [0.15, 0.2) is 0 Å². The minimum Gasteiger partial charge on any atom is -0.0651 e. The molecule has 0 aromatic carbocycles. The van der Waals surface area contributed by atoms with Crippen molar-refractivity contribution in [2.45, 2.75) is 125 Å². The van der Waals surface area contributed by atoms with Crippen LogP contribution in [0.5, 0.6) is 0 Å². The Morgan fingerprint density at radius 2 is 1.57 bits per heavy atom. The van der Waals surface area contributed by atoms with Gasteiger partial charge in [0.1, 0.15) is 0 Å². The third-order valence-electron chi connectivity index (χ3n) is 11.1. The zero-order valence-corrected chi connectivity index (χ0v) is 19.9. The summed E-state index contributed by atoms with van der Waals surface area (Å²) in [6, 6.07) is 0. The summed E-state index contributed by atoms with van der Waals surface area (Å²) < 4.78 is 0. The first kappa shape index (κ1) is 21.2. The second kappa shape index (κ2) is 8.26. The van der Waals surface area contributed by atoms with Crippen molar-refractivity contribution < 1.29 is 0 Å². The fraction of sp³-hybridized carbons (Fsp3) is 1.00. The number of fused-ring (bicyclic) bond motifs is 5. The molecule has 4 aliphatic rings. The number of rotatable bonds is 6. The van der Waals surface area contributed by atoms with Gasteiger partial charge in [0.05, 0.1) is 0 Å². The van der Waals surface area contributed by atoms with Crippen molar-refractivity contribution in [3.8, 4) is 0 Å². The highest BCUT2D eigenvalue weighted by atomic mass is 14.6. The van der Waals surface area contributed by atoms with Crippen LogP contribution in [0.1, 0.15) is 125 Å². The van der Waals surface area contributed by atoms with Gasteiger partial charge >= 0.3 is 0 Å². The average molecular weight is 387 g/mol. The summed E-state index contributed by atoms with van der Waals surface area (Å²) in [5, 5.41) is 0. The number of unbranched alkanes of at least 4 members (excludes halogenated alkanes) is 1. The molecule has 0 spiro atoms.